The Kier molecular flexibility index (Phi) is 2.03. The highest BCUT2D eigenvalue weighted by molar-refractivity contribution is 7.85. The molecule has 5 nitrogen and oxygen atoms in total. The maximum absolute atomic E-state index is 10.6. The fourth-order valence-corrected chi connectivity index (χ4v) is 1.08. The molecule has 0 aliphatic heterocycles. The molecule has 0 unspecified atom stereocenters. The summed E-state index contributed by atoms with van der Waals surface area (Å²) >= 11 is 0. The lowest BCUT2D eigenvalue weighted by Crippen LogP contribution is -1.95. The van der Waals surface area contributed by atoms with E-state index >= 15 is 0 Å². The van der Waals surface area contributed by atoms with Crippen molar-refractivity contribution in [1.29, 1.82) is 0 Å². The van der Waals surface area contributed by atoms with Crippen molar-refractivity contribution in [2.45, 2.75) is 12.0 Å². The molecular weight excluding hydrogens is 184 g/mol. The Hall–Kier alpha value is -1.14. The molecule has 0 aliphatic carbocycles. The van der Waals surface area contributed by atoms with Crippen LogP contribution in [0.1, 0.15) is 17.3 Å². The molecule has 0 saturated heterocycles. The fourth-order valence-electron chi connectivity index (χ4n) is 0.636. The highest BCUT2D eigenvalue weighted by atomic mass is 32.2. The van der Waals surface area contributed by atoms with Crippen LogP contribution in [0, 0.1) is 0 Å². The van der Waals surface area contributed by atoms with E-state index in [1.807, 2.05) is 0 Å². The molecule has 0 atom stereocenters. The molecule has 0 amide bonds. The topological polar surface area (TPSA) is 84.6 Å². The predicted octanol–water partition coefficient (Wildman–Crippen LogP) is 0.729. The minimum atomic E-state index is -4.33. The predicted molar refractivity (Wildman–Crippen MR) is 38.5 cm³/mol. The SMILES string of the molecule is CC(=O)c1coc(S(=O)(=O)O)c1. The van der Waals surface area contributed by atoms with Crippen molar-refractivity contribution in [2.24, 2.45) is 0 Å². The van der Waals surface area contributed by atoms with Gasteiger partial charge >= 0.3 is 10.1 Å². The van der Waals surface area contributed by atoms with Crippen LogP contribution >= 0.6 is 0 Å². The standard InChI is InChI=1S/C6H6O5S/c1-4(7)5-2-6(11-3-5)12(8,9)10/h2-3H,1H3,(H,8,9,10). The van der Waals surface area contributed by atoms with E-state index in [0.717, 1.165) is 12.3 Å². The van der Waals surface area contributed by atoms with Crippen LogP contribution < -0.4 is 0 Å². The van der Waals surface area contributed by atoms with Gasteiger partial charge in [-0.05, 0) is 6.92 Å². The third-order valence-electron chi connectivity index (χ3n) is 1.24. The number of carbonyl (C=O) groups excluding carboxylic acids is 1. The number of hydrogen-bond donors (Lipinski definition) is 1. The van der Waals surface area contributed by atoms with Gasteiger partial charge in [-0.3, -0.25) is 9.35 Å². The molecule has 1 aromatic heterocycles. The Morgan fingerprint density at radius 1 is 1.58 bits per heavy atom. The zero-order valence-electron chi connectivity index (χ0n) is 6.14. The van der Waals surface area contributed by atoms with E-state index in [0.29, 0.717) is 0 Å². The van der Waals surface area contributed by atoms with Crippen LogP contribution in [0.3, 0.4) is 0 Å². The van der Waals surface area contributed by atoms with E-state index in [2.05, 4.69) is 4.42 Å². The van der Waals surface area contributed by atoms with Crippen molar-refractivity contribution in [3.05, 3.63) is 17.9 Å². The second kappa shape index (κ2) is 2.72. The molecule has 0 aromatic carbocycles. The van der Waals surface area contributed by atoms with E-state index in [1.165, 1.54) is 6.92 Å². The molecule has 0 fully saturated rings. The molecule has 1 heterocycles. The van der Waals surface area contributed by atoms with Crippen molar-refractivity contribution in [3.63, 3.8) is 0 Å². The van der Waals surface area contributed by atoms with Crippen molar-refractivity contribution < 1.29 is 22.2 Å². The van der Waals surface area contributed by atoms with Gasteiger partial charge in [0, 0.05) is 6.07 Å². The summed E-state index contributed by atoms with van der Waals surface area (Å²) in [6.07, 6.45) is 0.978. The number of rotatable bonds is 2. The summed E-state index contributed by atoms with van der Waals surface area (Å²) in [5, 5.41) is -0.618. The Morgan fingerprint density at radius 2 is 2.17 bits per heavy atom. The minimum absolute atomic E-state index is 0.114. The van der Waals surface area contributed by atoms with Crippen LogP contribution in [0.15, 0.2) is 21.8 Å². The van der Waals surface area contributed by atoms with Gasteiger partial charge in [0.1, 0.15) is 6.26 Å². The van der Waals surface area contributed by atoms with Gasteiger partial charge in [-0.2, -0.15) is 8.42 Å². The molecule has 0 aliphatic rings. The number of hydrogen-bond acceptors (Lipinski definition) is 4. The second-order valence-corrected chi connectivity index (χ2v) is 3.54. The average molecular weight is 190 g/mol. The maximum Gasteiger partial charge on any atom is 0.328 e. The van der Waals surface area contributed by atoms with Gasteiger partial charge in [-0.1, -0.05) is 0 Å². The average Bonchev–Trinajstić information content (AvgIpc) is 2.30. The van der Waals surface area contributed by atoms with Crippen molar-refractivity contribution in [3.8, 4) is 0 Å². The number of carbonyl (C=O) groups is 1. The van der Waals surface area contributed by atoms with Crippen molar-refractivity contribution >= 4 is 15.9 Å². The summed E-state index contributed by atoms with van der Waals surface area (Å²) in [7, 11) is -4.33. The maximum atomic E-state index is 10.6. The van der Waals surface area contributed by atoms with Crippen LogP contribution in [0.5, 0.6) is 0 Å². The summed E-state index contributed by atoms with van der Waals surface area (Å²) in [5.41, 5.74) is 0.114. The molecule has 6 heteroatoms. The fraction of sp³-hybridized carbons (Fsp3) is 0.167. The summed E-state index contributed by atoms with van der Waals surface area (Å²) < 4.78 is 33.7. The van der Waals surface area contributed by atoms with Crippen LogP contribution in [0.4, 0.5) is 0 Å². The van der Waals surface area contributed by atoms with E-state index in [1.54, 1.807) is 0 Å². The highest BCUT2D eigenvalue weighted by Crippen LogP contribution is 2.13. The lowest BCUT2D eigenvalue weighted by Gasteiger charge is -1.85. The zero-order chi connectivity index (χ0) is 9.35. The van der Waals surface area contributed by atoms with Gasteiger partial charge in [0.15, 0.2) is 5.78 Å². The number of ketones is 1. The van der Waals surface area contributed by atoms with E-state index in [9.17, 15) is 13.2 Å². The van der Waals surface area contributed by atoms with Crippen LogP contribution in [0.2, 0.25) is 0 Å². The van der Waals surface area contributed by atoms with Gasteiger partial charge < -0.3 is 4.42 Å². The largest absolute Gasteiger partial charge is 0.450 e. The first kappa shape index (κ1) is 8.95. The van der Waals surface area contributed by atoms with Crippen LogP contribution in [0.25, 0.3) is 0 Å². The lowest BCUT2D eigenvalue weighted by molar-refractivity contribution is 0.101. The Balaban J connectivity index is 3.17. The van der Waals surface area contributed by atoms with Gasteiger partial charge in [-0.25, -0.2) is 0 Å². The van der Waals surface area contributed by atoms with E-state index < -0.39 is 15.2 Å². The molecule has 1 rings (SSSR count). The summed E-state index contributed by atoms with van der Waals surface area (Å²) in [4.78, 5) is 10.6. The highest BCUT2D eigenvalue weighted by Gasteiger charge is 2.16. The monoisotopic (exact) mass is 190 g/mol. The molecule has 0 spiro atoms. The number of Topliss-reactive ketones (excluding diaryl/α,β-unsaturated/α-hetero) is 1. The van der Waals surface area contributed by atoms with Crippen LogP contribution in [-0.4, -0.2) is 18.8 Å². The molecule has 1 N–H and O–H groups in total. The Morgan fingerprint density at radius 3 is 2.42 bits per heavy atom. The Bertz CT molecular complexity index is 399. The van der Waals surface area contributed by atoms with E-state index in [-0.39, 0.29) is 11.3 Å². The molecule has 12 heavy (non-hydrogen) atoms. The van der Waals surface area contributed by atoms with Crippen molar-refractivity contribution in [2.75, 3.05) is 0 Å². The molecular formula is C6H6O5S. The lowest BCUT2D eigenvalue weighted by atomic mass is 10.2. The summed E-state index contributed by atoms with van der Waals surface area (Å²) in [5.74, 6) is -0.325. The first-order chi connectivity index (χ1) is 5.41. The molecule has 0 bridgehead atoms. The molecule has 0 saturated carbocycles. The first-order valence-corrected chi connectivity index (χ1v) is 4.42. The third-order valence-corrected chi connectivity index (χ3v) is 1.96. The van der Waals surface area contributed by atoms with Gasteiger partial charge in [0.25, 0.3) is 0 Å². The number of furan rings is 1. The summed E-state index contributed by atoms with van der Waals surface area (Å²) in [6, 6.07) is 0.970. The quantitative estimate of drug-likeness (QED) is 0.548. The molecule has 66 valence electrons. The third kappa shape index (κ3) is 1.72. The zero-order valence-corrected chi connectivity index (χ0v) is 6.96. The normalized spacial score (nSPS) is 11.5. The summed E-state index contributed by atoms with van der Waals surface area (Å²) in [6.45, 7) is 1.26. The van der Waals surface area contributed by atoms with Gasteiger partial charge in [0.2, 0.25) is 5.09 Å². The smallest absolute Gasteiger partial charge is 0.328 e. The van der Waals surface area contributed by atoms with Gasteiger partial charge in [-0.15, -0.1) is 0 Å². The second-order valence-electron chi connectivity index (χ2n) is 2.19. The van der Waals surface area contributed by atoms with Crippen molar-refractivity contribution in [1.82, 2.24) is 0 Å². The minimum Gasteiger partial charge on any atom is -0.450 e. The van der Waals surface area contributed by atoms with Gasteiger partial charge in [0.05, 0.1) is 5.56 Å². The van der Waals surface area contributed by atoms with Crippen LogP contribution in [-0.2, 0) is 10.1 Å². The molecule has 1 aromatic rings. The first-order valence-electron chi connectivity index (χ1n) is 2.98. The molecule has 0 radical (unpaired) electrons. The Labute approximate surface area is 68.7 Å². The van der Waals surface area contributed by atoms with E-state index in [4.69, 9.17) is 4.55 Å².